The number of fused-ring (bicyclic) bond motifs is 3. The molecule has 1 spiro atoms. The second-order valence-corrected chi connectivity index (χ2v) is 9.39. The lowest BCUT2D eigenvalue weighted by Crippen LogP contribution is -2.60. The van der Waals surface area contributed by atoms with Crippen LogP contribution in [0.2, 0.25) is 0 Å². The fourth-order valence-corrected chi connectivity index (χ4v) is 6.43. The van der Waals surface area contributed by atoms with E-state index in [1.165, 1.54) is 10.4 Å². The van der Waals surface area contributed by atoms with Crippen LogP contribution in [0.4, 0.5) is 0 Å². The standard InChI is InChI=1S/C20H27N3O3S.ClH/c1-13-18(24)22-9-2-3-14(22)12-23(13)19(25)17-11-15-16(27-17)4-10-26-20(15)5-7-21-8-6-20;/h11,13-14,21H,2-10,12H2,1H3;1H/t13-,14-;/m0./s1. The topological polar surface area (TPSA) is 61.9 Å². The summed E-state index contributed by atoms with van der Waals surface area (Å²) in [4.78, 5) is 31.9. The van der Waals surface area contributed by atoms with E-state index >= 15 is 0 Å². The van der Waals surface area contributed by atoms with Crippen molar-refractivity contribution < 1.29 is 14.3 Å². The van der Waals surface area contributed by atoms with Crippen LogP contribution >= 0.6 is 23.7 Å². The number of rotatable bonds is 1. The number of halogens is 1. The summed E-state index contributed by atoms with van der Waals surface area (Å²) in [7, 11) is 0. The van der Waals surface area contributed by atoms with Crippen LogP contribution in [0.1, 0.15) is 52.7 Å². The summed E-state index contributed by atoms with van der Waals surface area (Å²) in [5.74, 6) is 0.127. The number of ether oxygens (including phenoxy) is 1. The second-order valence-electron chi connectivity index (χ2n) is 8.25. The van der Waals surface area contributed by atoms with Crippen LogP contribution in [0.3, 0.4) is 0 Å². The molecule has 6 nitrogen and oxygen atoms in total. The fourth-order valence-electron chi connectivity index (χ4n) is 5.24. The maximum atomic E-state index is 13.3. The van der Waals surface area contributed by atoms with Crippen molar-refractivity contribution in [3.63, 3.8) is 0 Å². The van der Waals surface area contributed by atoms with Crippen molar-refractivity contribution in [2.45, 2.75) is 56.7 Å². The second kappa shape index (κ2) is 7.59. The van der Waals surface area contributed by atoms with Gasteiger partial charge in [0.2, 0.25) is 5.91 Å². The van der Waals surface area contributed by atoms with Gasteiger partial charge < -0.3 is 19.9 Å². The van der Waals surface area contributed by atoms with Crippen molar-refractivity contribution in [2.24, 2.45) is 0 Å². The Labute approximate surface area is 176 Å². The normalized spacial score (nSPS) is 28.7. The van der Waals surface area contributed by atoms with E-state index < -0.39 is 0 Å². The summed E-state index contributed by atoms with van der Waals surface area (Å²) in [6.45, 7) is 6.02. The molecule has 3 fully saturated rings. The lowest BCUT2D eigenvalue weighted by Gasteiger charge is -2.41. The molecule has 0 saturated carbocycles. The van der Waals surface area contributed by atoms with Gasteiger partial charge in [-0.2, -0.15) is 0 Å². The highest BCUT2D eigenvalue weighted by Crippen LogP contribution is 2.44. The Kier molecular flexibility index (Phi) is 5.46. The first-order valence-electron chi connectivity index (χ1n) is 10.2. The molecule has 2 atom stereocenters. The number of hydrogen-bond acceptors (Lipinski definition) is 5. The van der Waals surface area contributed by atoms with E-state index in [1.807, 2.05) is 16.7 Å². The third-order valence-corrected chi connectivity index (χ3v) is 7.97. The van der Waals surface area contributed by atoms with E-state index in [2.05, 4.69) is 11.4 Å². The monoisotopic (exact) mass is 425 g/mol. The van der Waals surface area contributed by atoms with Gasteiger partial charge in [-0.15, -0.1) is 23.7 Å². The largest absolute Gasteiger partial charge is 0.370 e. The molecule has 0 aromatic carbocycles. The Bertz CT molecular complexity index is 777. The molecule has 5 heterocycles. The number of nitrogens with one attached hydrogen (secondary N) is 1. The predicted octanol–water partition coefficient (Wildman–Crippen LogP) is 2.16. The Hall–Kier alpha value is -1.15. The first kappa shape index (κ1) is 20.1. The summed E-state index contributed by atoms with van der Waals surface area (Å²) in [6.07, 6.45) is 4.85. The van der Waals surface area contributed by atoms with Gasteiger partial charge in [-0.3, -0.25) is 9.59 Å². The number of amides is 2. The number of piperidine rings is 1. The third kappa shape index (κ3) is 3.07. The van der Waals surface area contributed by atoms with Gasteiger partial charge >= 0.3 is 0 Å². The smallest absolute Gasteiger partial charge is 0.264 e. The molecule has 154 valence electrons. The zero-order valence-corrected chi connectivity index (χ0v) is 17.9. The van der Waals surface area contributed by atoms with Gasteiger partial charge in [0, 0.05) is 30.4 Å². The van der Waals surface area contributed by atoms with Crippen LogP contribution in [0.25, 0.3) is 0 Å². The van der Waals surface area contributed by atoms with Crippen LogP contribution in [-0.2, 0) is 21.6 Å². The highest BCUT2D eigenvalue weighted by molar-refractivity contribution is 7.14. The molecule has 1 aromatic rings. The van der Waals surface area contributed by atoms with Gasteiger partial charge in [0.25, 0.3) is 5.91 Å². The first-order valence-corrected chi connectivity index (χ1v) is 11.0. The zero-order valence-electron chi connectivity index (χ0n) is 16.2. The van der Waals surface area contributed by atoms with Crippen molar-refractivity contribution in [2.75, 3.05) is 32.8 Å². The Balaban J connectivity index is 0.00000192. The van der Waals surface area contributed by atoms with Gasteiger partial charge in [-0.25, -0.2) is 0 Å². The maximum absolute atomic E-state index is 13.3. The molecule has 1 N–H and O–H groups in total. The molecule has 5 rings (SSSR count). The SMILES string of the molecule is C[C@H]1C(=O)N2CCC[C@H]2CN1C(=O)c1cc2c(s1)CCOC21CCNCC1.Cl. The number of carbonyl (C=O) groups is 2. The summed E-state index contributed by atoms with van der Waals surface area (Å²) in [5, 5.41) is 3.41. The molecule has 4 aliphatic heterocycles. The fraction of sp³-hybridized carbons (Fsp3) is 0.700. The zero-order chi connectivity index (χ0) is 18.6. The minimum absolute atomic E-state index is 0. The molecule has 0 unspecified atom stereocenters. The van der Waals surface area contributed by atoms with Crippen LogP contribution in [0.15, 0.2) is 6.07 Å². The molecule has 0 bridgehead atoms. The Morgan fingerprint density at radius 3 is 2.93 bits per heavy atom. The van der Waals surface area contributed by atoms with E-state index in [4.69, 9.17) is 4.74 Å². The number of nitrogens with zero attached hydrogens (tertiary/aromatic N) is 2. The minimum atomic E-state index is -0.366. The number of hydrogen-bond donors (Lipinski definition) is 1. The molecule has 0 aliphatic carbocycles. The van der Waals surface area contributed by atoms with Gasteiger partial charge in [0.15, 0.2) is 0 Å². The molecule has 8 heteroatoms. The quantitative estimate of drug-likeness (QED) is 0.749. The van der Waals surface area contributed by atoms with Gasteiger partial charge in [-0.1, -0.05) is 0 Å². The average molecular weight is 426 g/mol. The molecular formula is C20H28ClN3O3S. The molecule has 28 heavy (non-hydrogen) atoms. The van der Waals surface area contributed by atoms with Crippen molar-refractivity contribution >= 4 is 35.6 Å². The third-order valence-electron chi connectivity index (χ3n) is 6.78. The summed E-state index contributed by atoms with van der Waals surface area (Å²) >= 11 is 1.62. The van der Waals surface area contributed by atoms with Crippen molar-refractivity contribution in [3.8, 4) is 0 Å². The van der Waals surface area contributed by atoms with Crippen LogP contribution in [-0.4, -0.2) is 66.5 Å². The molecule has 4 aliphatic rings. The van der Waals surface area contributed by atoms with E-state index in [0.717, 1.165) is 63.2 Å². The van der Waals surface area contributed by atoms with Crippen LogP contribution in [0.5, 0.6) is 0 Å². The van der Waals surface area contributed by atoms with Gasteiger partial charge in [0.1, 0.15) is 6.04 Å². The van der Waals surface area contributed by atoms with Gasteiger partial charge in [-0.05, 0) is 57.3 Å². The van der Waals surface area contributed by atoms with E-state index in [-0.39, 0.29) is 41.9 Å². The van der Waals surface area contributed by atoms with E-state index in [0.29, 0.717) is 6.54 Å². The Morgan fingerprint density at radius 1 is 1.36 bits per heavy atom. The summed E-state index contributed by atoms with van der Waals surface area (Å²) < 4.78 is 6.25. The van der Waals surface area contributed by atoms with Gasteiger partial charge in [0.05, 0.1) is 17.1 Å². The van der Waals surface area contributed by atoms with Crippen LogP contribution < -0.4 is 5.32 Å². The number of thiophene rings is 1. The number of piperazine rings is 1. The molecule has 1 aromatic heterocycles. The van der Waals surface area contributed by atoms with E-state index in [9.17, 15) is 9.59 Å². The van der Waals surface area contributed by atoms with Crippen molar-refractivity contribution in [3.05, 3.63) is 21.4 Å². The molecule has 2 amide bonds. The van der Waals surface area contributed by atoms with Crippen LogP contribution in [0, 0.1) is 0 Å². The Morgan fingerprint density at radius 2 is 2.14 bits per heavy atom. The minimum Gasteiger partial charge on any atom is -0.370 e. The van der Waals surface area contributed by atoms with Crippen molar-refractivity contribution in [1.29, 1.82) is 0 Å². The lowest BCUT2D eigenvalue weighted by atomic mass is 9.83. The maximum Gasteiger partial charge on any atom is 0.264 e. The van der Waals surface area contributed by atoms with Crippen molar-refractivity contribution in [1.82, 2.24) is 15.1 Å². The highest BCUT2D eigenvalue weighted by atomic mass is 35.5. The predicted molar refractivity (Wildman–Crippen MR) is 110 cm³/mol. The molecular weight excluding hydrogens is 398 g/mol. The van der Waals surface area contributed by atoms with E-state index in [1.54, 1.807) is 11.3 Å². The summed E-state index contributed by atoms with van der Waals surface area (Å²) in [6, 6.07) is 1.91. The summed E-state index contributed by atoms with van der Waals surface area (Å²) in [5.41, 5.74) is 1.00. The number of carbonyl (C=O) groups excluding carboxylic acids is 2. The first-order chi connectivity index (χ1) is 13.1. The highest BCUT2D eigenvalue weighted by Gasteiger charge is 2.44. The average Bonchev–Trinajstić information content (AvgIpc) is 3.33. The lowest BCUT2D eigenvalue weighted by molar-refractivity contribution is -0.141. The molecule has 3 saturated heterocycles. The molecule has 0 radical (unpaired) electrons.